The maximum atomic E-state index is 11.6. The van der Waals surface area contributed by atoms with Gasteiger partial charge in [-0.2, -0.15) is 0 Å². The zero-order chi connectivity index (χ0) is 14.8. The minimum Gasteiger partial charge on any atom is -0.477 e. The molecule has 0 spiro atoms. The van der Waals surface area contributed by atoms with Gasteiger partial charge in [-0.15, -0.1) is 0 Å². The zero-order valence-electron chi connectivity index (χ0n) is 10.8. The molecule has 1 N–H and O–H groups in total. The summed E-state index contributed by atoms with van der Waals surface area (Å²) in [5, 5.41) is 13.5. The summed E-state index contributed by atoms with van der Waals surface area (Å²) < 4.78 is 6.07. The number of carbonyl (C=O) groups is 1. The van der Waals surface area contributed by atoms with E-state index in [0.29, 0.717) is 16.8 Å². The summed E-state index contributed by atoms with van der Waals surface area (Å²) in [7, 11) is 0. The minimum atomic E-state index is -1.07. The van der Waals surface area contributed by atoms with Crippen molar-refractivity contribution in [2.24, 2.45) is 0 Å². The Morgan fingerprint density at radius 2 is 1.71 bits per heavy atom. The summed E-state index contributed by atoms with van der Waals surface area (Å²) in [6.45, 7) is 0. The third-order valence-corrected chi connectivity index (χ3v) is 3.76. The molecule has 104 valence electrons. The van der Waals surface area contributed by atoms with Crippen LogP contribution in [0.5, 0.6) is 0 Å². The number of nitrogens with zero attached hydrogens (tertiary/aromatic N) is 1. The SMILES string of the molecule is O=C(O)c1c(-c2ccccc2Br)noc1-c1ccccc1. The van der Waals surface area contributed by atoms with Crippen LogP contribution in [-0.2, 0) is 0 Å². The van der Waals surface area contributed by atoms with Crippen molar-refractivity contribution < 1.29 is 14.4 Å². The van der Waals surface area contributed by atoms with Crippen LogP contribution in [0, 0.1) is 0 Å². The van der Waals surface area contributed by atoms with Gasteiger partial charge in [0.1, 0.15) is 11.3 Å². The number of aromatic carboxylic acids is 1. The summed E-state index contributed by atoms with van der Waals surface area (Å²) in [6.07, 6.45) is 0. The highest BCUT2D eigenvalue weighted by molar-refractivity contribution is 9.10. The van der Waals surface area contributed by atoms with Crippen LogP contribution in [0.4, 0.5) is 0 Å². The molecular formula is C16H10BrNO3. The van der Waals surface area contributed by atoms with Gasteiger partial charge in [0.25, 0.3) is 0 Å². The number of hydrogen-bond acceptors (Lipinski definition) is 3. The molecular weight excluding hydrogens is 334 g/mol. The van der Waals surface area contributed by atoms with Crippen molar-refractivity contribution in [2.45, 2.75) is 0 Å². The molecule has 0 fully saturated rings. The first-order valence-electron chi connectivity index (χ1n) is 6.22. The lowest BCUT2D eigenvalue weighted by atomic mass is 10.0. The van der Waals surface area contributed by atoms with Gasteiger partial charge in [-0.1, -0.05) is 69.6 Å². The van der Waals surface area contributed by atoms with Crippen molar-refractivity contribution in [1.29, 1.82) is 0 Å². The fourth-order valence-corrected chi connectivity index (χ4v) is 2.58. The van der Waals surface area contributed by atoms with E-state index in [1.165, 1.54) is 0 Å². The third kappa shape index (κ3) is 2.48. The fraction of sp³-hybridized carbons (Fsp3) is 0. The highest BCUT2D eigenvalue weighted by Crippen LogP contribution is 2.35. The zero-order valence-corrected chi connectivity index (χ0v) is 12.4. The van der Waals surface area contributed by atoms with Crippen LogP contribution in [0.1, 0.15) is 10.4 Å². The van der Waals surface area contributed by atoms with Crippen LogP contribution in [0.25, 0.3) is 22.6 Å². The lowest BCUT2D eigenvalue weighted by molar-refractivity contribution is 0.0698. The van der Waals surface area contributed by atoms with E-state index in [1.54, 1.807) is 18.2 Å². The first kappa shape index (κ1) is 13.6. The maximum absolute atomic E-state index is 11.6. The van der Waals surface area contributed by atoms with Gasteiger partial charge in [-0.3, -0.25) is 0 Å². The summed E-state index contributed by atoms with van der Waals surface area (Å²) in [5.41, 5.74) is 1.74. The van der Waals surface area contributed by atoms with Crippen LogP contribution in [0.15, 0.2) is 63.6 Å². The Morgan fingerprint density at radius 1 is 1.05 bits per heavy atom. The summed E-state index contributed by atoms with van der Waals surface area (Å²) in [5.74, 6) is -0.810. The summed E-state index contributed by atoms with van der Waals surface area (Å²) in [6, 6.07) is 16.4. The van der Waals surface area contributed by atoms with E-state index in [0.717, 1.165) is 4.47 Å². The van der Waals surface area contributed by atoms with Crippen LogP contribution < -0.4 is 0 Å². The first-order valence-corrected chi connectivity index (χ1v) is 7.01. The van der Waals surface area contributed by atoms with Crippen LogP contribution >= 0.6 is 15.9 Å². The number of aromatic nitrogens is 1. The van der Waals surface area contributed by atoms with E-state index in [4.69, 9.17) is 4.52 Å². The van der Waals surface area contributed by atoms with E-state index in [-0.39, 0.29) is 11.3 Å². The van der Waals surface area contributed by atoms with Gasteiger partial charge in [0.2, 0.25) is 0 Å². The molecule has 0 unspecified atom stereocenters. The van der Waals surface area contributed by atoms with Gasteiger partial charge in [-0.25, -0.2) is 4.79 Å². The van der Waals surface area contributed by atoms with Gasteiger partial charge in [0.05, 0.1) is 0 Å². The minimum absolute atomic E-state index is 0.0631. The second kappa shape index (κ2) is 5.54. The lowest BCUT2D eigenvalue weighted by Gasteiger charge is -2.02. The number of rotatable bonds is 3. The van der Waals surface area contributed by atoms with Gasteiger partial charge in [-0.05, 0) is 6.07 Å². The molecule has 0 amide bonds. The molecule has 0 aliphatic heterocycles. The largest absolute Gasteiger partial charge is 0.477 e. The molecule has 3 aromatic rings. The van der Waals surface area contributed by atoms with E-state index >= 15 is 0 Å². The number of carboxylic acid groups (broad SMARTS) is 1. The Bertz CT molecular complexity index is 796. The normalized spacial score (nSPS) is 10.5. The summed E-state index contributed by atoms with van der Waals surface area (Å²) >= 11 is 3.41. The molecule has 0 saturated heterocycles. The quantitative estimate of drug-likeness (QED) is 0.761. The molecule has 0 radical (unpaired) electrons. The van der Waals surface area contributed by atoms with Crippen LogP contribution in [0.3, 0.4) is 0 Å². The van der Waals surface area contributed by atoms with E-state index < -0.39 is 5.97 Å². The van der Waals surface area contributed by atoms with Gasteiger partial charge < -0.3 is 9.63 Å². The Kier molecular flexibility index (Phi) is 3.58. The van der Waals surface area contributed by atoms with Crippen molar-refractivity contribution in [3.05, 3.63) is 64.6 Å². The average Bonchev–Trinajstić information content (AvgIpc) is 2.93. The molecule has 4 nitrogen and oxygen atoms in total. The molecule has 1 heterocycles. The Labute approximate surface area is 129 Å². The predicted octanol–water partition coefficient (Wildman–Crippen LogP) is 4.47. The first-order chi connectivity index (χ1) is 10.2. The molecule has 0 aliphatic rings. The fourth-order valence-electron chi connectivity index (χ4n) is 2.11. The Balaban J connectivity index is 2.23. The molecule has 21 heavy (non-hydrogen) atoms. The van der Waals surface area contributed by atoms with E-state index in [9.17, 15) is 9.90 Å². The third-order valence-electron chi connectivity index (χ3n) is 3.07. The second-order valence-electron chi connectivity index (χ2n) is 4.39. The van der Waals surface area contributed by atoms with E-state index in [1.807, 2.05) is 36.4 Å². The smallest absolute Gasteiger partial charge is 0.342 e. The van der Waals surface area contributed by atoms with Crippen LogP contribution in [0.2, 0.25) is 0 Å². The maximum Gasteiger partial charge on any atom is 0.342 e. The summed E-state index contributed by atoms with van der Waals surface area (Å²) in [4.78, 5) is 11.6. The van der Waals surface area contributed by atoms with E-state index in [2.05, 4.69) is 21.1 Å². The molecule has 2 aromatic carbocycles. The number of carboxylic acids is 1. The number of benzene rings is 2. The highest BCUT2D eigenvalue weighted by atomic mass is 79.9. The van der Waals surface area contributed by atoms with Crippen LogP contribution in [-0.4, -0.2) is 16.2 Å². The van der Waals surface area contributed by atoms with Gasteiger partial charge in [0, 0.05) is 15.6 Å². The van der Waals surface area contributed by atoms with Gasteiger partial charge in [0.15, 0.2) is 5.76 Å². The molecule has 1 aromatic heterocycles. The van der Waals surface area contributed by atoms with Crippen molar-refractivity contribution >= 4 is 21.9 Å². The Morgan fingerprint density at radius 3 is 2.38 bits per heavy atom. The monoisotopic (exact) mass is 343 g/mol. The van der Waals surface area contributed by atoms with Gasteiger partial charge >= 0.3 is 5.97 Å². The number of hydrogen-bond donors (Lipinski definition) is 1. The van der Waals surface area contributed by atoms with Crippen molar-refractivity contribution in [3.8, 4) is 22.6 Å². The van der Waals surface area contributed by atoms with Crippen molar-refractivity contribution in [1.82, 2.24) is 5.16 Å². The lowest BCUT2D eigenvalue weighted by Crippen LogP contribution is -1.99. The average molecular weight is 344 g/mol. The van der Waals surface area contributed by atoms with Crippen molar-refractivity contribution in [3.63, 3.8) is 0 Å². The standard InChI is InChI=1S/C16H10BrNO3/c17-12-9-5-4-8-11(12)14-13(16(19)20)15(21-18-14)10-6-2-1-3-7-10/h1-9H,(H,19,20). The second-order valence-corrected chi connectivity index (χ2v) is 5.24. The molecule has 0 aliphatic carbocycles. The topological polar surface area (TPSA) is 63.3 Å². The molecule has 5 heteroatoms. The molecule has 3 rings (SSSR count). The predicted molar refractivity (Wildman–Crippen MR) is 82.0 cm³/mol. The molecule has 0 saturated carbocycles. The Hall–Kier alpha value is -2.40. The number of halogens is 1. The highest BCUT2D eigenvalue weighted by Gasteiger charge is 2.25. The molecule has 0 bridgehead atoms. The van der Waals surface area contributed by atoms with Crippen molar-refractivity contribution in [2.75, 3.05) is 0 Å². The molecule has 0 atom stereocenters.